The van der Waals surface area contributed by atoms with Gasteiger partial charge in [0.05, 0.1) is 0 Å². The summed E-state index contributed by atoms with van der Waals surface area (Å²) in [4.78, 5) is 34.4. The molecule has 2 N–H and O–H groups in total. The third kappa shape index (κ3) is 3.79. The lowest BCUT2D eigenvalue weighted by molar-refractivity contribution is -0.114. The molecule has 0 bridgehead atoms. The van der Waals surface area contributed by atoms with Gasteiger partial charge in [-0.1, -0.05) is 0 Å². The van der Waals surface area contributed by atoms with Gasteiger partial charge in [0.15, 0.2) is 0 Å². The van der Waals surface area contributed by atoms with E-state index in [1.165, 1.54) is 23.8 Å². The molecule has 1 aromatic carbocycles. The van der Waals surface area contributed by atoms with Gasteiger partial charge in [0.25, 0.3) is 11.5 Å². The van der Waals surface area contributed by atoms with E-state index in [4.69, 9.17) is 0 Å². The summed E-state index contributed by atoms with van der Waals surface area (Å²) in [5.41, 5.74) is 1.27. The number of hydrogen-bond donors (Lipinski definition) is 2. The number of hydrogen-bond acceptors (Lipinski definition) is 3. The first-order valence-electron chi connectivity index (χ1n) is 6.31. The summed E-state index contributed by atoms with van der Waals surface area (Å²) < 4.78 is 1.39. The maximum absolute atomic E-state index is 12.0. The molecule has 0 spiro atoms. The highest BCUT2D eigenvalue weighted by molar-refractivity contribution is 6.04. The Morgan fingerprint density at radius 2 is 1.57 bits per heavy atom. The zero-order chi connectivity index (χ0) is 15.4. The van der Waals surface area contributed by atoms with Crippen LogP contribution in [0.4, 0.5) is 11.4 Å². The summed E-state index contributed by atoms with van der Waals surface area (Å²) in [5, 5.41) is 5.32. The van der Waals surface area contributed by atoms with Gasteiger partial charge in [0.2, 0.25) is 5.91 Å². The van der Waals surface area contributed by atoms with Crippen LogP contribution >= 0.6 is 0 Å². The van der Waals surface area contributed by atoms with E-state index < -0.39 is 0 Å². The van der Waals surface area contributed by atoms with E-state index in [9.17, 15) is 14.4 Å². The highest BCUT2D eigenvalue weighted by atomic mass is 16.2. The Kier molecular flexibility index (Phi) is 4.18. The number of pyridine rings is 1. The summed E-state index contributed by atoms with van der Waals surface area (Å²) in [5.74, 6) is -0.521. The van der Waals surface area contributed by atoms with Crippen molar-refractivity contribution in [3.8, 4) is 0 Å². The first-order valence-corrected chi connectivity index (χ1v) is 6.31. The topological polar surface area (TPSA) is 80.2 Å². The van der Waals surface area contributed by atoms with E-state index in [1.807, 2.05) is 0 Å². The van der Waals surface area contributed by atoms with Crippen molar-refractivity contribution in [3.63, 3.8) is 0 Å². The Bertz CT molecular complexity index is 733. The van der Waals surface area contributed by atoms with E-state index in [2.05, 4.69) is 10.6 Å². The van der Waals surface area contributed by atoms with Gasteiger partial charge < -0.3 is 15.2 Å². The summed E-state index contributed by atoms with van der Waals surface area (Å²) in [6, 6.07) is 9.56. The van der Waals surface area contributed by atoms with Crippen LogP contribution in [0.1, 0.15) is 17.3 Å². The van der Waals surface area contributed by atoms with Crippen LogP contribution in [0.2, 0.25) is 0 Å². The first-order chi connectivity index (χ1) is 9.95. The van der Waals surface area contributed by atoms with Crippen molar-refractivity contribution in [1.29, 1.82) is 0 Å². The molecule has 1 heterocycles. The lowest BCUT2D eigenvalue weighted by Gasteiger charge is -2.07. The second kappa shape index (κ2) is 6.04. The fraction of sp³-hybridized carbons (Fsp3) is 0.133. The Morgan fingerprint density at radius 3 is 2.10 bits per heavy atom. The van der Waals surface area contributed by atoms with E-state index in [1.54, 1.807) is 37.4 Å². The molecule has 0 aliphatic heterocycles. The van der Waals surface area contributed by atoms with Gasteiger partial charge in [-0.15, -0.1) is 0 Å². The largest absolute Gasteiger partial charge is 0.326 e. The Labute approximate surface area is 121 Å². The molecule has 0 fully saturated rings. The molecular weight excluding hydrogens is 270 g/mol. The molecule has 2 rings (SSSR count). The second-order valence-electron chi connectivity index (χ2n) is 4.58. The minimum absolute atomic E-state index is 0.160. The van der Waals surface area contributed by atoms with Crippen molar-refractivity contribution < 1.29 is 9.59 Å². The molecule has 2 amide bonds. The summed E-state index contributed by atoms with van der Waals surface area (Å²) >= 11 is 0. The molecule has 1 aromatic heterocycles. The van der Waals surface area contributed by atoms with Crippen LogP contribution in [-0.2, 0) is 11.8 Å². The van der Waals surface area contributed by atoms with Gasteiger partial charge in [-0.2, -0.15) is 0 Å². The fourth-order valence-electron chi connectivity index (χ4n) is 1.73. The van der Waals surface area contributed by atoms with Crippen LogP contribution in [0.15, 0.2) is 47.4 Å². The van der Waals surface area contributed by atoms with E-state index in [0.29, 0.717) is 16.9 Å². The van der Waals surface area contributed by atoms with Crippen LogP contribution in [0, 0.1) is 0 Å². The molecular formula is C15H15N3O3. The Balaban J connectivity index is 2.10. The number of aromatic nitrogens is 1. The van der Waals surface area contributed by atoms with Gasteiger partial charge in [-0.3, -0.25) is 14.4 Å². The summed E-state index contributed by atoms with van der Waals surface area (Å²) in [7, 11) is 1.62. The zero-order valence-electron chi connectivity index (χ0n) is 11.7. The highest BCUT2D eigenvalue weighted by Gasteiger charge is 2.07. The third-order valence-corrected chi connectivity index (χ3v) is 2.83. The molecule has 6 heteroatoms. The molecule has 0 aliphatic rings. The number of carbonyl (C=O) groups excluding carboxylic acids is 2. The molecule has 2 aromatic rings. The van der Waals surface area contributed by atoms with Crippen molar-refractivity contribution in [2.45, 2.75) is 6.92 Å². The standard InChI is InChI=1S/C15H15N3O3/c1-10(19)16-12-3-5-13(6-4-12)17-15(21)11-7-8-18(2)14(20)9-11/h3-9H,1-2H3,(H,16,19)(H,17,21). The normalized spacial score (nSPS) is 10.0. The molecule has 0 aliphatic carbocycles. The molecule has 0 saturated carbocycles. The predicted octanol–water partition coefficient (Wildman–Crippen LogP) is 1.60. The van der Waals surface area contributed by atoms with Gasteiger partial charge in [-0.05, 0) is 30.3 Å². The minimum Gasteiger partial charge on any atom is -0.326 e. The van der Waals surface area contributed by atoms with E-state index in [0.717, 1.165) is 0 Å². The minimum atomic E-state index is -0.361. The Hall–Kier alpha value is -2.89. The maximum Gasteiger partial charge on any atom is 0.255 e. The number of nitrogens with one attached hydrogen (secondary N) is 2. The van der Waals surface area contributed by atoms with Crippen molar-refractivity contribution in [1.82, 2.24) is 4.57 Å². The SMILES string of the molecule is CC(=O)Nc1ccc(NC(=O)c2ccn(C)c(=O)c2)cc1. The summed E-state index contributed by atoms with van der Waals surface area (Å²) in [6.07, 6.45) is 1.54. The number of anilines is 2. The van der Waals surface area contributed by atoms with Gasteiger partial charge in [0, 0.05) is 43.2 Å². The number of amides is 2. The predicted molar refractivity (Wildman–Crippen MR) is 80.4 cm³/mol. The molecule has 0 unspecified atom stereocenters. The van der Waals surface area contributed by atoms with Crippen LogP contribution in [0.5, 0.6) is 0 Å². The molecule has 6 nitrogen and oxygen atoms in total. The van der Waals surface area contributed by atoms with Crippen LogP contribution in [-0.4, -0.2) is 16.4 Å². The van der Waals surface area contributed by atoms with Gasteiger partial charge in [0.1, 0.15) is 0 Å². The van der Waals surface area contributed by atoms with Crippen LogP contribution in [0.25, 0.3) is 0 Å². The van der Waals surface area contributed by atoms with Crippen molar-refractivity contribution >= 4 is 23.2 Å². The molecule has 21 heavy (non-hydrogen) atoms. The third-order valence-electron chi connectivity index (χ3n) is 2.83. The fourth-order valence-corrected chi connectivity index (χ4v) is 1.73. The highest BCUT2D eigenvalue weighted by Crippen LogP contribution is 2.14. The van der Waals surface area contributed by atoms with Crippen molar-refractivity contribution in [2.75, 3.05) is 10.6 Å². The molecule has 0 radical (unpaired) electrons. The Morgan fingerprint density at radius 1 is 1.00 bits per heavy atom. The van der Waals surface area contributed by atoms with E-state index in [-0.39, 0.29) is 17.4 Å². The smallest absolute Gasteiger partial charge is 0.255 e. The van der Waals surface area contributed by atoms with E-state index >= 15 is 0 Å². The quantitative estimate of drug-likeness (QED) is 0.898. The number of aryl methyl sites for hydroxylation is 1. The van der Waals surface area contributed by atoms with Crippen LogP contribution < -0.4 is 16.2 Å². The summed E-state index contributed by atoms with van der Waals surface area (Å²) in [6.45, 7) is 1.42. The number of carbonyl (C=O) groups is 2. The molecule has 108 valence electrons. The maximum atomic E-state index is 12.0. The second-order valence-corrected chi connectivity index (χ2v) is 4.58. The average molecular weight is 285 g/mol. The van der Waals surface area contributed by atoms with Gasteiger partial charge >= 0.3 is 0 Å². The van der Waals surface area contributed by atoms with Crippen molar-refractivity contribution in [2.24, 2.45) is 7.05 Å². The monoisotopic (exact) mass is 285 g/mol. The lowest BCUT2D eigenvalue weighted by Crippen LogP contribution is -2.19. The number of nitrogens with zero attached hydrogens (tertiary/aromatic N) is 1. The number of rotatable bonds is 3. The first kappa shape index (κ1) is 14.5. The molecule has 0 atom stereocenters. The lowest BCUT2D eigenvalue weighted by atomic mass is 10.2. The zero-order valence-corrected chi connectivity index (χ0v) is 11.7. The number of benzene rings is 1. The van der Waals surface area contributed by atoms with Crippen LogP contribution in [0.3, 0.4) is 0 Å². The van der Waals surface area contributed by atoms with Gasteiger partial charge in [-0.25, -0.2) is 0 Å². The average Bonchev–Trinajstić information content (AvgIpc) is 2.43. The molecule has 0 saturated heterocycles. The van der Waals surface area contributed by atoms with Crippen molar-refractivity contribution in [3.05, 3.63) is 58.5 Å².